The Balaban J connectivity index is 2.62. The molecule has 6 nitrogen and oxygen atoms in total. The molecule has 0 unspecified atom stereocenters. The molecule has 0 atom stereocenters. The van der Waals surface area contributed by atoms with Crippen molar-refractivity contribution in [3.63, 3.8) is 0 Å². The van der Waals surface area contributed by atoms with Crippen LogP contribution in [0.25, 0.3) is 0 Å². The van der Waals surface area contributed by atoms with E-state index >= 15 is 0 Å². The molecule has 1 aromatic rings. The molecule has 0 fully saturated rings. The second-order valence-electron chi connectivity index (χ2n) is 4.24. The number of carboxylic acids is 1. The number of carbonyl (C=O) groups excluding carboxylic acids is 1. The summed E-state index contributed by atoms with van der Waals surface area (Å²) in [5.41, 5.74) is 0.0568. The Labute approximate surface area is 122 Å². The van der Waals surface area contributed by atoms with Crippen molar-refractivity contribution in [2.24, 2.45) is 0 Å². The maximum atomic E-state index is 11.7. The highest BCUT2D eigenvalue weighted by Crippen LogP contribution is 2.24. The minimum Gasteiger partial charge on any atom is -0.478 e. The molecule has 0 saturated heterocycles. The number of urea groups is 1. The SMILES string of the molecule is CCN(C)CCNC(=O)Nc1cccc(Cl)c1C(=O)O. The largest absolute Gasteiger partial charge is 0.478 e. The predicted molar refractivity (Wildman–Crippen MR) is 78.6 cm³/mol. The highest BCUT2D eigenvalue weighted by molar-refractivity contribution is 6.34. The molecule has 0 spiro atoms. The van der Waals surface area contributed by atoms with Crippen molar-refractivity contribution >= 4 is 29.3 Å². The van der Waals surface area contributed by atoms with Crippen molar-refractivity contribution in [1.29, 1.82) is 0 Å². The summed E-state index contributed by atoms with van der Waals surface area (Å²) < 4.78 is 0. The molecule has 0 bridgehead atoms. The first kappa shape index (κ1) is 16.3. The third-order valence-corrected chi connectivity index (χ3v) is 3.11. The number of halogens is 1. The van der Waals surface area contributed by atoms with Gasteiger partial charge in [-0.1, -0.05) is 24.6 Å². The predicted octanol–water partition coefficient (Wildman–Crippen LogP) is 2.11. The first-order valence-electron chi connectivity index (χ1n) is 6.21. The van der Waals surface area contributed by atoms with Crippen LogP contribution in [0, 0.1) is 0 Å². The Bertz CT molecular complexity index is 494. The van der Waals surface area contributed by atoms with E-state index in [9.17, 15) is 9.59 Å². The number of rotatable bonds is 6. The highest BCUT2D eigenvalue weighted by Gasteiger charge is 2.15. The molecule has 1 aromatic carbocycles. The van der Waals surface area contributed by atoms with Crippen LogP contribution in [-0.2, 0) is 0 Å². The minimum absolute atomic E-state index is 0.0843. The van der Waals surface area contributed by atoms with Gasteiger partial charge in [-0.15, -0.1) is 0 Å². The van der Waals surface area contributed by atoms with Crippen LogP contribution in [0.5, 0.6) is 0 Å². The van der Waals surface area contributed by atoms with E-state index in [1.807, 2.05) is 18.9 Å². The van der Waals surface area contributed by atoms with E-state index in [4.69, 9.17) is 16.7 Å². The molecular weight excluding hydrogens is 282 g/mol. The van der Waals surface area contributed by atoms with Crippen molar-refractivity contribution < 1.29 is 14.7 Å². The lowest BCUT2D eigenvalue weighted by molar-refractivity contribution is 0.0698. The van der Waals surface area contributed by atoms with Gasteiger partial charge >= 0.3 is 12.0 Å². The lowest BCUT2D eigenvalue weighted by Crippen LogP contribution is -2.35. The van der Waals surface area contributed by atoms with Gasteiger partial charge in [0.05, 0.1) is 10.7 Å². The summed E-state index contributed by atoms with van der Waals surface area (Å²) in [6.45, 7) is 4.09. The summed E-state index contributed by atoms with van der Waals surface area (Å²) in [6, 6.07) is 4.08. The molecule has 0 aliphatic heterocycles. The summed E-state index contributed by atoms with van der Waals surface area (Å²) in [4.78, 5) is 24.8. The molecule has 1 rings (SSSR count). The van der Waals surface area contributed by atoms with Crippen LogP contribution < -0.4 is 10.6 Å². The van der Waals surface area contributed by atoms with E-state index in [2.05, 4.69) is 10.6 Å². The molecule has 2 amide bonds. The maximum absolute atomic E-state index is 11.7. The summed E-state index contributed by atoms with van der Waals surface area (Å²) in [7, 11) is 1.94. The van der Waals surface area contributed by atoms with E-state index in [0.717, 1.165) is 6.54 Å². The third-order valence-electron chi connectivity index (χ3n) is 2.79. The average molecular weight is 300 g/mol. The molecular formula is C13H18ClN3O3. The molecule has 0 heterocycles. The van der Waals surface area contributed by atoms with Gasteiger partial charge in [-0.05, 0) is 25.7 Å². The Morgan fingerprint density at radius 1 is 1.40 bits per heavy atom. The van der Waals surface area contributed by atoms with Gasteiger partial charge in [0, 0.05) is 13.1 Å². The lowest BCUT2D eigenvalue weighted by atomic mass is 10.2. The first-order chi connectivity index (χ1) is 9.45. The van der Waals surface area contributed by atoms with Crippen LogP contribution in [0.2, 0.25) is 5.02 Å². The molecule has 0 saturated carbocycles. The molecule has 7 heteroatoms. The number of benzene rings is 1. The zero-order valence-corrected chi connectivity index (χ0v) is 12.2. The van der Waals surface area contributed by atoms with Crippen molar-refractivity contribution in [2.75, 3.05) is 32.0 Å². The number of nitrogens with one attached hydrogen (secondary N) is 2. The number of carboxylic acid groups (broad SMARTS) is 1. The standard InChI is InChI=1S/C13H18ClN3O3/c1-3-17(2)8-7-15-13(20)16-10-6-4-5-9(14)11(10)12(18)19/h4-6H,3,7-8H2,1-2H3,(H,18,19)(H2,15,16,20). The van der Waals surface area contributed by atoms with Gasteiger partial charge in [-0.25, -0.2) is 9.59 Å². The summed E-state index contributed by atoms with van der Waals surface area (Å²) in [5.74, 6) is -1.18. The van der Waals surface area contributed by atoms with Crippen molar-refractivity contribution in [3.05, 3.63) is 28.8 Å². The van der Waals surface area contributed by atoms with Crippen LogP contribution >= 0.6 is 11.6 Å². The van der Waals surface area contributed by atoms with Crippen LogP contribution in [0.15, 0.2) is 18.2 Å². The topological polar surface area (TPSA) is 81.7 Å². The monoisotopic (exact) mass is 299 g/mol. The molecule has 0 aliphatic carbocycles. The van der Waals surface area contributed by atoms with Gasteiger partial charge < -0.3 is 20.6 Å². The highest BCUT2D eigenvalue weighted by atomic mass is 35.5. The second kappa shape index (κ2) is 7.72. The minimum atomic E-state index is -1.18. The molecule has 110 valence electrons. The quantitative estimate of drug-likeness (QED) is 0.751. The number of hydrogen-bond donors (Lipinski definition) is 3. The fourth-order valence-electron chi connectivity index (χ4n) is 1.53. The Hall–Kier alpha value is -1.79. The van der Waals surface area contributed by atoms with Gasteiger partial charge in [-0.2, -0.15) is 0 Å². The maximum Gasteiger partial charge on any atom is 0.339 e. The molecule has 0 radical (unpaired) electrons. The Morgan fingerprint density at radius 3 is 2.70 bits per heavy atom. The van der Waals surface area contributed by atoms with E-state index in [1.54, 1.807) is 6.07 Å². The van der Waals surface area contributed by atoms with Gasteiger partial charge in [-0.3, -0.25) is 0 Å². The number of amides is 2. The fourth-order valence-corrected chi connectivity index (χ4v) is 1.79. The molecule has 20 heavy (non-hydrogen) atoms. The molecule has 3 N–H and O–H groups in total. The number of anilines is 1. The van der Waals surface area contributed by atoms with Crippen LogP contribution in [0.4, 0.5) is 10.5 Å². The van der Waals surface area contributed by atoms with E-state index in [0.29, 0.717) is 13.1 Å². The van der Waals surface area contributed by atoms with Crippen molar-refractivity contribution in [3.8, 4) is 0 Å². The summed E-state index contributed by atoms with van der Waals surface area (Å²) in [6.07, 6.45) is 0. The van der Waals surface area contributed by atoms with Crippen molar-refractivity contribution in [2.45, 2.75) is 6.92 Å². The zero-order valence-electron chi connectivity index (χ0n) is 11.4. The van der Waals surface area contributed by atoms with Crippen molar-refractivity contribution in [1.82, 2.24) is 10.2 Å². The Kier molecular flexibility index (Phi) is 6.27. The summed E-state index contributed by atoms with van der Waals surface area (Å²) >= 11 is 5.81. The van der Waals surface area contributed by atoms with Gasteiger partial charge in [0.1, 0.15) is 5.56 Å². The first-order valence-corrected chi connectivity index (χ1v) is 6.58. The van der Waals surface area contributed by atoms with E-state index < -0.39 is 12.0 Å². The van der Waals surface area contributed by atoms with Gasteiger partial charge in [0.15, 0.2) is 0 Å². The smallest absolute Gasteiger partial charge is 0.339 e. The van der Waals surface area contributed by atoms with E-state index in [-0.39, 0.29) is 16.3 Å². The van der Waals surface area contributed by atoms with Gasteiger partial charge in [0.2, 0.25) is 0 Å². The summed E-state index contributed by atoms with van der Waals surface area (Å²) in [5, 5.41) is 14.3. The fraction of sp³-hybridized carbons (Fsp3) is 0.385. The number of nitrogens with zero attached hydrogens (tertiary/aromatic N) is 1. The molecule has 0 aliphatic rings. The van der Waals surface area contributed by atoms with Crippen LogP contribution in [-0.4, -0.2) is 48.7 Å². The third kappa shape index (κ3) is 4.71. The molecule has 0 aromatic heterocycles. The normalized spacial score (nSPS) is 10.4. The average Bonchev–Trinajstić information content (AvgIpc) is 2.38. The number of hydrogen-bond acceptors (Lipinski definition) is 3. The lowest BCUT2D eigenvalue weighted by Gasteiger charge is -2.15. The van der Waals surface area contributed by atoms with Gasteiger partial charge in [0.25, 0.3) is 0 Å². The van der Waals surface area contributed by atoms with E-state index in [1.165, 1.54) is 12.1 Å². The second-order valence-corrected chi connectivity index (χ2v) is 4.65. The zero-order chi connectivity index (χ0) is 15.1. The van der Waals surface area contributed by atoms with Crippen LogP contribution in [0.1, 0.15) is 17.3 Å². The van der Waals surface area contributed by atoms with Crippen LogP contribution in [0.3, 0.4) is 0 Å². The number of carbonyl (C=O) groups is 2. The Morgan fingerprint density at radius 2 is 2.10 bits per heavy atom. The number of likely N-dealkylation sites (N-methyl/N-ethyl adjacent to an activating group) is 1. The number of aromatic carboxylic acids is 1.